The predicted octanol–water partition coefficient (Wildman–Crippen LogP) is 2.89. The van der Waals surface area contributed by atoms with Crippen molar-refractivity contribution in [1.82, 2.24) is 10.2 Å². The second kappa shape index (κ2) is 5.59. The Balaban J connectivity index is 1.95. The SMILES string of the molecule is Fc1cccc(C2(N3CCCCC3)CCNCC2)c1. The fourth-order valence-electron chi connectivity index (χ4n) is 3.73. The fraction of sp³-hybridized carbons (Fsp3) is 0.625. The van der Waals surface area contributed by atoms with E-state index in [2.05, 4.69) is 16.3 Å². The first-order valence-corrected chi connectivity index (χ1v) is 7.53. The van der Waals surface area contributed by atoms with Gasteiger partial charge >= 0.3 is 0 Å². The number of halogens is 1. The van der Waals surface area contributed by atoms with Gasteiger partial charge in [0.1, 0.15) is 5.82 Å². The van der Waals surface area contributed by atoms with Crippen LogP contribution in [0.1, 0.15) is 37.7 Å². The van der Waals surface area contributed by atoms with Gasteiger partial charge in [0.25, 0.3) is 0 Å². The van der Waals surface area contributed by atoms with Crippen molar-refractivity contribution in [3.8, 4) is 0 Å². The van der Waals surface area contributed by atoms with E-state index in [0.717, 1.165) is 39.0 Å². The van der Waals surface area contributed by atoms with Crippen LogP contribution in [-0.2, 0) is 5.54 Å². The molecule has 2 heterocycles. The van der Waals surface area contributed by atoms with Gasteiger partial charge in [0.05, 0.1) is 0 Å². The summed E-state index contributed by atoms with van der Waals surface area (Å²) < 4.78 is 13.6. The van der Waals surface area contributed by atoms with Gasteiger partial charge in [0, 0.05) is 5.54 Å². The molecule has 19 heavy (non-hydrogen) atoms. The topological polar surface area (TPSA) is 15.3 Å². The Bertz CT molecular complexity index is 421. The molecule has 0 aliphatic carbocycles. The van der Waals surface area contributed by atoms with Gasteiger partial charge in [-0.3, -0.25) is 4.90 Å². The zero-order chi connectivity index (χ0) is 13.1. The van der Waals surface area contributed by atoms with Gasteiger partial charge in [-0.05, 0) is 69.6 Å². The maximum absolute atomic E-state index is 13.6. The third-order valence-electron chi connectivity index (χ3n) is 4.75. The summed E-state index contributed by atoms with van der Waals surface area (Å²) in [6, 6.07) is 7.27. The highest BCUT2D eigenvalue weighted by Gasteiger charge is 2.39. The maximum atomic E-state index is 13.6. The van der Waals surface area contributed by atoms with Gasteiger partial charge < -0.3 is 5.32 Å². The lowest BCUT2D eigenvalue weighted by Gasteiger charge is -2.48. The Morgan fingerprint density at radius 2 is 1.79 bits per heavy atom. The number of piperidine rings is 2. The Hall–Kier alpha value is -0.930. The minimum atomic E-state index is -0.104. The minimum Gasteiger partial charge on any atom is -0.317 e. The molecule has 1 aromatic carbocycles. The molecule has 1 aromatic rings. The van der Waals surface area contributed by atoms with Crippen LogP contribution in [0.5, 0.6) is 0 Å². The van der Waals surface area contributed by atoms with Crippen LogP contribution in [0, 0.1) is 5.82 Å². The number of rotatable bonds is 2. The molecule has 2 aliphatic heterocycles. The number of hydrogen-bond donors (Lipinski definition) is 1. The summed E-state index contributed by atoms with van der Waals surface area (Å²) in [7, 11) is 0. The van der Waals surface area contributed by atoms with E-state index in [9.17, 15) is 4.39 Å². The Kier molecular flexibility index (Phi) is 3.85. The van der Waals surface area contributed by atoms with Crippen LogP contribution in [0.2, 0.25) is 0 Å². The van der Waals surface area contributed by atoms with Crippen LogP contribution < -0.4 is 5.32 Å². The predicted molar refractivity (Wildman–Crippen MR) is 75.6 cm³/mol. The third kappa shape index (κ3) is 2.54. The van der Waals surface area contributed by atoms with Crippen molar-refractivity contribution in [3.63, 3.8) is 0 Å². The van der Waals surface area contributed by atoms with Gasteiger partial charge in [0.15, 0.2) is 0 Å². The van der Waals surface area contributed by atoms with E-state index in [0.29, 0.717) is 0 Å². The van der Waals surface area contributed by atoms with Crippen LogP contribution in [0.15, 0.2) is 24.3 Å². The molecule has 0 saturated carbocycles. The second-order valence-electron chi connectivity index (χ2n) is 5.84. The van der Waals surface area contributed by atoms with E-state index in [-0.39, 0.29) is 11.4 Å². The van der Waals surface area contributed by atoms with Crippen LogP contribution in [0.3, 0.4) is 0 Å². The maximum Gasteiger partial charge on any atom is 0.123 e. The standard InChI is InChI=1S/C16H23FN2/c17-15-6-4-5-14(13-15)16(7-9-18-10-8-16)19-11-2-1-3-12-19/h4-6,13,18H,1-3,7-12H2. The molecule has 3 heteroatoms. The first-order chi connectivity index (χ1) is 9.31. The monoisotopic (exact) mass is 262 g/mol. The first kappa shape index (κ1) is 13.1. The van der Waals surface area contributed by atoms with Crippen LogP contribution in [-0.4, -0.2) is 31.1 Å². The van der Waals surface area contributed by atoms with Gasteiger partial charge in [-0.2, -0.15) is 0 Å². The van der Waals surface area contributed by atoms with Gasteiger partial charge in [-0.1, -0.05) is 18.6 Å². The molecule has 3 rings (SSSR count). The Labute approximate surface area is 115 Å². The summed E-state index contributed by atoms with van der Waals surface area (Å²) in [6.45, 7) is 4.40. The quantitative estimate of drug-likeness (QED) is 0.881. The minimum absolute atomic E-state index is 0.0633. The zero-order valence-electron chi connectivity index (χ0n) is 11.5. The van der Waals surface area contributed by atoms with E-state index >= 15 is 0 Å². The molecule has 104 valence electrons. The largest absolute Gasteiger partial charge is 0.317 e. The van der Waals surface area contributed by atoms with E-state index < -0.39 is 0 Å². The van der Waals surface area contributed by atoms with Crippen molar-refractivity contribution in [2.45, 2.75) is 37.6 Å². The van der Waals surface area contributed by atoms with E-state index in [1.807, 2.05) is 6.07 Å². The molecular weight excluding hydrogens is 239 g/mol. The first-order valence-electron chi connectivity index (χ1n) is 7.53. The van der Waals surface area contributed by atoms with Crippen molar-refractivity contribution in [3.05, 3.63) is 35.6 Å². The van der Waals surface area contributed by atoms with Crippen LogP contribution in [0.25, 0.3) is 0 Å². The number of benzene rings is 1. The lowest BCUT2D eigenvalue weighted by molar-refractivity contribution is 0.0358. The van der Waals surface area contributed by atoms with E-state index in [4.69, 9.17) is 0 Å². The van der Waals surface area contributed by atoms with Crippen molar-refractivity contribution < 1.29 is 4.39 Å². The highest BCUT2D eigenvalue weighted by Crippen LogP contribution is 2.39. The van der Waals surface area contributed by atoms with Crippen LogP contribution in [0.4, 0.5) is 4.39 Å². The summed E-state index contributed by atoms with van der Waals surface area (Å²) in [4.78, 5) is 2.62. The number of nitrogens with zero attached hydrogens (tertiary/aromatic N) is 1. The van der Waals surface area contributed by atoms with Gasteiger partial charge in [-0.15, -0.1) is 0 Å². The average molecular weight is 262 g/mol. The number of hydrogen-bond acceptors (Lipinski definition) is 2. The van der Waals surface area contributed by atoms with Crippen molar-refractivity contribution in [2.75, 3.05) is 26.2 Å². The van der Waals surface area contributed by atoms with Crippen molar-refractivity contribution >= 4 is 0 Å². The van der Waals surface area contributed by atoms with Crippen molar-refractivity contribution in [1.29, 1.82) is 0 Å². The lowest BCUT2D eigenvalue weighted by atomic mass is 9.78. The summed E-state index contributed by atoms with van der Waals surface area (Å²) in [5.74, 6) is -0.104. The normalized spacial score (nSPS) is 24.3. The molecule has 0 bridgehead atoms. The molecule has 1 N–H and O–H groups in total. The van der Waals surface area contributed by atoms with Gasteiger partial charge in [0.2, 0.25) is 0 Å². The zero-order valence-corrected chi connectivity index (χ0v) is 11.5. The fourth-order valence-corrected chi connectivity index (χ4v) is 3.73. The highest BCUT2D eigenvalue weighted by molar-refractivity contribution is 5.26. The van der Waals surface area contributed by atoms with E-state index in [1.54, 1.807) is 12.1 Å². The Morgan fingerprint density at radius 3 is 2.47 bits per heavy atom. The third-order valence-corrected chi connectivity index (χ3v) is 4.75. The molecule has 2 nitrogen and oxygen atoms in total. The Morgan fingerprint density at radius 1 is 1.05 bits per heavy atom. The molecule has 2 fully saturated rings. The smallest absolute Gasteiger partial charge is 0.123 e. The highest BCUT2D eigenvalue weighted by atomic mass is 19.1. The van der Waals surface area contributed by atoms with Crippen LogP contribution >= 0.6 is 0 Å². The average Bonchev–Trinajstić information content (AvgIpc) is 2.49. The molecule has 0 aromatic heterocycles. The summed E-state index contributed by atoms with van der Waals surface area (Å²) in [6.07, 6.45) is 6.09. The molecule has 0 spiro atoms. The molecule has 2 aliphatic rings. The molecule has 0 amide bonds. The molecule has 0 radical (unpaired) electrons. The van der Waals surface area contributed by atoms with E-state index in [1.165, 1.54) is 24.8 Å². The number of likely N-dealkylation sites (tertiary alicyclic amines) is 1. The lowest BCUT2D eigenvalue weighted by Crippen LogP contribution is -2.53. The number of nitrogens with one attached hydrogen (secondary N) is 1. The second-order valence-corrected chi connectivity index (χ2v) is 5.84. The molecular formula is C16H23FN2. The summed E-state index contributed by atoms with van der Waals surface area (Å²) >= 11 is 0. The molecule has 2 saturated heterocycles. The molecule has 0 unspecified atom stereocenters. The summed E-state index contributed by atoms with van der Waals surface area (Å²) in [5.41, 5.74) is 1.24. The van der Waals surface area contributed by atoms with Gasteiger partial charge in [-0.25, -0.2) is 4.39 Å². The van der Waals surface area contributed by atoms with Crippen molar-refractivity contribution in [2.24, 2.45) is 0 Å². The summed E-state index contributed by atoms with van der Waals surface area (Å²) in [5, 5.41) is 3.44. The molecule has 0 atom stereocenters.